The maximum atomic E-state index is 12.3. The van der Waals surface area contributed by atoms with Crippen molar-refractivity contribution >= 4 is 35.0 Å². The lowest BCUT2D eigenvalue weighted by Crippen LogP contribution is -2.14. The minimum absolute atomic E-state index is 0.0849. The lowest BCUT2D eigenvalue weighted by atomic mass is 9.99. The molecular weight excluding hydrogens is 420 g/mol. The zero-order valence-electron chi connectivity index (χ0n) is 17.3. The molecule has 1 aromatic heterocycles. The highest BCUT2D eigenvalue weighted by Crippen LogP contribution is 2.22. The zero-order valence-corrected chi connectivity index (χ0v) is 18.8. The van der Waals surface area contributed by atoms with Crippen LogP contribution in [-0.2, 0) is 18.4 Å². The number of amides is 1. The van der Waals surface area contributed by atoms with Gasteiger partial charge in [0.05, 0.1) is 5.75 Å². The molecule has 158 valence electrons. The van der Waals surface area contributed by atoms with E-state index in [2.05, 4.69) is 41.5 Å². The summed E-state index contributed by atoms with van der Waals surface area (Å²) in [5.41, 5.74) is 2.07. The van der Waals surface area contributed by atoms with Crippen molar-refractivity contribution in [1.82, 2.24) is 14.8 Å². The van der Waals surface area contributed by atoms with Crippen LogP contribution in [-0.4, -0.2) is 26.4 Å². The van der Waals surface area contributed by atoms with Gasteiger partial charge in [-0.3, -0.25) is 4.79 Å². The van der Waals surface area contributed by atoms with E-state index in [1.165, 1.54) is 17.3 Å². The average Bonchev–Trinajstić information content (AvgIpc) is 3.11. The van der Waals surface area contributed by atoms with Crippen molar-refractivity contribution in [2.24, 2.45) is 7.05 Å². The minimum Gasteiger partial charge on any atom is -0.486 e. The van der Waals surface area contributed by atoms with Crippen LogP contribution in [0, 0.1) is 0 Å². The minimum atomic E-state index is -0.0849. The lowest BCUT2D eigenvalue weighted by molar-refractivity contribution is -0.113. The number of nitrogens with zero attached hydrogens (tertiary/aromatic N) is 3. The number of aromatic nitrogens is 3. The summed E-state index contributed by atoms with van der Waals surface area (Å²) in [7, 11) is 1.86. The number of halogens is 1. The molecule has 0 spiro atoms. The Labute approximate surface area is 186 Å². The van der Waals surface area contributed by atoms with E-state index in [4.69, 9.17) is 16.3 Å². The molecule has 1 unspecified atom stereocenters. The normalized spacial score (nSPS) is 11.9. The number of anilines is 1. The highest BCUT2D eigenvalue weighted by Gasteiger charge is 2.12. The Morgan fingerprint density at radius 1 is 1.17 bits per heavy atom. The second kappa shape index (κ2) is 10.5. The van der Waals surface area contributed by atoms with Crippen molar-refractivity contribution in [2.45, 2.75) is 37.9 Å². The summed E-state index contributed by atoms with van der Waals surface area (Å²) in [6, 6.07) is 15.1. The molecule has 1 atom stereocenters. The molecule has 1 N–H and O–H groups in total. The third-order valence-electron chi connectivity index (χ3n) is 4.81. The molecule has 2 aromatic carbocycles. The van der Waals surface area contributed by atoms with Gasteiger partial charge in [0.15, 0.2) is 11.0 Å². The van der Waals surface area contributed by atoms with Gasteiger partial charge >= 0.3 is 0 Å². The van der Waals surface area contributed by atoms with Crippen molar-refractivity contribution in [3.05, 3.63) is 64.9 Å². The first kappa shape index (κ1) is 22.2. The Morgan fingerprint density at radius 2 is 1.87 bits per heavy atom. The molecule has 6 nitrogen and oxygen atoms in total. The van der Waals surface area contributed by atoms with Crippen LogP contribution in [0.25, 0.3) is 0 Å². The number of rotatable bonds is 9. The van der Waals surface area contributed by atoms with E-state index in [1.807, 2.05) is 23.7 Å². The Morgan fingerprint density at radius 3 is 2.53 bits per heavy atom. The SMILES string of the molecule is CCC(C)c1ccc(NC(=O)CSc2nnc(COc3ccc(Cl)cc3)n2C)cc1. The Balaban J connectivity index is 1.49. The van der Waals surface area contributed by atoms with Crippen molar-refractivity contribution in [3.63, 3.8) is 0 Å². The fourth-order valence-corrected chi connectivity index (χ4v) is 3.59. The maximum absolute atomic E-state index is 12.3. The van der Waals surface area contributed by atoms with Gasteiger partial charge in [0, 0.05) is 17.8 Å². The number of hydrogen-bond donors (Lipinski definition) is 1. The number of benzene rings is 2. The second-order valence-corrected chi connectivity index (χ2v) is 8.35. The van der Waals surface area contributed by atoms with Gasteiger partial charge in [0.25, 0.3) is 0 Å². The molecule has 8 heteroatoms. The second-order valence-electron chi connectivity index (χ2n) is 6.97. The van der Waals surface area contributed by atoms with Crippen LogP contribution in [0.1, 0.15) is 37.6 Å². The molecule has 3 aromatic rings. The summed E-state index contributed by atoms with van der Waals surface area (Å²) in [6.45, 7) is 4.64. The lowest BCUT2D eigenvalue weighted by Gasteiger charge is -2.10. The third-order valence-corrected chi connectivity index (χ3v) is 6.09. The van der Waals surface area contributed by atoms with Crippen LogP contribution < -0.4 is 10.1 Å². The molecular formula is C22H25ClN4O2S. The number of ether oxygens (including phenoxy) is 1. The van der Waals surface area contributed by atoms with Crippen molar-refractivity contribution in [1.29, 1.82) is 0 Å². The first-order valence-electron chi connectivity index (χ1n) is 9.75. The number of carbonyl (C=O) groups is 1. The van der Waals surface area contributed by atoms with Crippen LogP contribution in [0.15, 0.2) is 53.7 Å². The highest BCUT2D eigenvalue weighted by atomic mass is 35.5. The van der Waals surface area contributed by atoms with Gasteiger partial charge in [0.2, 0.25) is 5.91 Å². The van der Waals surface area contributed by atoms with Crippen LogP contribution in [0.3, 0.4) is 0 Å². The quantitative estimate of drug-likeness (QED) is 0.454. The van der Waals surface area contributed by atoms with E-state index >= 15 is 0 Å². The molecule has 0 radical (unpaired) electrons. The van der Waals surface area contributed by atoms with Crippen molar-refractivity contribution in [2.75, 3.05) is 11.1 Å². The van der Waals surface area contributed by atoms with Crippen LogP contribution >= 0.6 is 23.4 Å². The van der Waals surface area contributed by atoms with Crippen molar-refractivity contribution < 1.29 is 9.53 Å². The summed E-state index contributed by atoms with van der Waals surface area (Å²) in [5, 5.41) is 12.5. The monoisotopic (exact) mass is 444 g/mol. The van der Waals surface area contributed by atoms with Crippen molar-refractivity contribution in [3.8, 4) is 5.75 Å². The molecule has 0 aliphatic heterocycles. The number of nitrogens with one attached hydrogen (secondary N) is 1. The Bertz CT molecular complexity index is 974. The van der Waals surface area contributed by atoms with Crippen LogP contribution in [0.5, 0.6) is 5.75 Å². The maximum Gasteiger partial charge on any atom is 0.234 e. The predicted octanol–water partition coefficient (Wildman–Crippen LogP) is 5.29. The van der Waals surface area contributed by atoms with Gasteiger partial charge in [-0.05, 0) is 54.3 Å². The zero-order chi connectivity index (χ0) is 21.5. The topological polar surface area (TPSA) is 69.0 Å². The number of carbonyl (C=O) groups excluding carboxylic acids is 1. The van der Waals surface area contributed by atoms with E-state index < -0.39 is 0 Å². The van der Waals surface area contributed by atoms with Gasteiger partial charge in [-0.15, -0.1) is 10.2 Å². The summed E-state index contributed by atoms with van der Waals surface area (Å²) in [4.78, 5) is 12.3. The third kappa shape index (κ3) is 6.00. The molecule has 0 saturated carbocycles. The van der Waals surface area contributed by atoms with E-state index in [-0.39, 0.29) is 18.3 Å². The van der Waals surface area contributed by atoms with Gasteiger partial charge in [-0.2, -0.15) is 0 Å². The Kier molecular flexibility index (Phi) is 7.76. The Hall–Kier alpha value is -2.51. The van der Waals surface area contributed by atoms with Gasteiger partial charge in [-0.25, -0.2) is 0 Å². The van der Waals surface area contributed by atoms with E-state index in [0.717, 1.165) is 12.1 Å². The van der Waals surface area contributed by atoms with E-state index in [9.17, 15) is 4.79 Å². The fraction of sp³-hybridized carbons (Fsp3) is 0.318. The largest absolute Gasteiger partial charge is 0.486 e. The van der Waals surface area contributed by atoms with Crippen LogP contribution in [0.4, 0.5) is 5.69 Å². The summed E-state index contributed by atoms with van der Waals surface area (Å²) >= 11 is 7.21. The summed E-state index contributed by atoms with van der Waals surface area (Å²) < 4.78 is 7.54. The standard InChI is InChI=1S/C22H25ClN4O2S/c1-4-15(2)16-5-9-18(10-6-16)24-21(28)14-30-22-26-25-20(27(22)3)13-29-19-11-7-17(23)8-12-19/h5-12,15H,4,13-14H2,1-3H3,(H,24,28). The summed E-state index contributed by atoms with van der Waals surface area (Å²) in [6.07, 6.45) is 1.09. The molecule has 30 heavy (non-hydrogen) atoms. The van der Waals surface area contributed by atoms with E-state index in [1.54, 1.807) is 24.3 Å². The molecule has 0 fully saturated rings. The molecule has 1 heterocycles. The molecule has 3 rings (SSSR count). The van der Waals surface area contributed by atoms with E-state index in [0.29, 0.717) is 27.7 Å². The van der Waals surface area contributed by atoms with Gasteiger partial charge in [0.1, 0.15) is 12.4 Å². The molecule has 0 aliphatic carbocycles. The van der Waals surface area contributed by atoms with Gasteiger partial charge < -0.3 is 14.6 Å². The smallest absolute Gasteiger partial charge is 0.234 e. The van der Waals surface area contributed by atoms with Crippen LogP contribution in [0.2, 0.25) is 5.02 Å². The average molecular weight is 445 g/mol. The number of thioether (sulfide) groups is 1. The fourth-order valence-electron chi connectivity index (χ4n) is 2.73. The molecule has 0 saturated heterocycles. The predicted molar refractivity (Wildman–Crippen MR) is 121 cm³/mol. The molecule has 1 amide bonds. The molecule has 0 bridgehead atoms. The van der Waals surface area contributed by atoms with Gasteiger partial charge in [-0.1, -0.05) is 49.3 Å². The first-order valence-corrected chi connectivity index (χ1v) is 11.1. The summed E-state index contributed by atoms with van der Waals surface area (Å²) in [5.74, 6) is 2.05. The first-order chi connectivity index (χ1) is 14.5. The molecule has 0 aliphatic rings. The number of hydrogen-bond acceptors (Lipinski definition) is 5. The highest BCUT2D eigenvalue weighted by molar-refractivity contribution is 7.99.